The maximum atomic E-state index is 12.2. The molecule has 25 heavy (non-hydrogen) atoms. The molecule has 1 aromatic heterocycles. The Labute approximate surface area is 147 Å². The number of aryl methyl sites for hydroxylation is 1. The van der Waals surface area contributed by atoms with Crippen LogP contribution in [0.3, 0.4) is 0 Å². The van der Waals surface area contributed by atoms with Gasteiger partial charge in [-0.3, -0.25) is 9.69 Å². The van der Waals surface area contributed by atoms with Gasteiger partial charge in [0.05, 0.1) is 12.3 Å². The molecular weight excluding hydrogens is 318 g/mol. The summed E-state index contributed by atoms with van der Waals surface area (Å²) in [5.41, 5.74) is 2.79. The molecule has 134 valence electrons. The van der Waals surface area contributed by atoms with Crippen LogP contribution in [0.2, 0.25) is 0 Å². The molecule has 0 bridgehead atoms. The number of H-pyrrole nitrogens is 1. The molecule has 0 atom stereocenters. The quantitative estimate of drug-likeness (QED) is 0.842. The molecule has 1 aliphatic heterocycles. The van der Waals surface area contributed by atoms with E-state index in [1.165, 1.54) is 0 Å². The minimum atomic E-state index is 0.0105. The second-order valence-corrected chi connectivity index (χ2v) is 6.38. The van der Waals surface area contributed by atoms with Crippen molar-refractivity contribution in [3.8, 4) is 11.5 Å². The van der Waals surface area contributed by atoms with E-state index in [0.29, 0.717) is 25.3 Å². The summed E-state index contributed by atoms with van der Waals surface area (Å²) in [5, 5.41) is 9.83. The zero-order valence-electron chi connectivity index (χ0n) is 14.8. The summed E-state index contributed by atoms with van der Waals surface area (Å²) < 4.78 is 5.45. The molecule has 0 spiro atoms. The molecule has 6 heteroatoms. The van der Waals surface area contributed by atoms with Gasteiger partial charge in [0.2, 0.25) is 0 Å². The number of benzene rings is 1. The molecule has 1 aliphatic rings. The van der Waals surface area contributed by atoms with Crippen LogP contribution in [0.15, 0.2) is 23.0 Å². The molecule has 0 unspecified atom stereocenters. The number of fused-ring (bicyclic) bond motifs is 1. The molecule has 3 rings (SSSR count). The summed E-state index contributed by atoms with van der Waals surface area (Å²) >= 11 is 0. The van der Waals surface area contributed by atoms with Gasteiger partial charge in [-0.25, -0.2) is 4.98 Å². The van der Waals surface area contributed by atoms with E-state index in [0.717, 1.165) is 48.6 Å². The Morgan fingerprint density at radius 2 is 2.20 bits per heavy atom. The lowest BCUT2D eigenvalue weighted by Crippen LogP contribution is -2.35. The Morgan fingerprint density at radius 3 is 2.96 bits per heavy atom. The van der Waals surface area contributed by atoms with Crippen LogP contribution in [0, 0.1) is 0 Å². The van der Waals surface area contributed by atoms with Gasteiger partial charge in [-0.15, -0.1) is 0 Å². The lowest BCUT2D eigenvalue weighted by molar-refractivity contribution is 0.239. The summed E-state index contributed by atoms with van der Waals surface area (Å²) in [7, 11) is 0. The molecule has 0 saturated heterocycles. The number of aromatic nitrogens is 2. The molecule has 0 aliphatic carbocycles. The number of nitrogens with one attached hydrogen (secondary N) is 1. The van der Waals surface area contributed by atoms with Gasteiger partial charge in [-0.05, 0) is 37.5 Å². The van der Waals surface area contributed by atoms with E-state index < -0.39 is 0 Å². The standard InChI is InChI=1S/C19H25N3O3/c1-3-5-18-20-15-12-22(9-8-14(15)19(24)21-18)11-13-6-7-16(23)17(10-13)25-4-2/h6-7,10,23H,3-5,8-9,11-12H2,1-2H3,(H,20,21,24). The molecule has 2 N–H and O–H groups in total. The largest absolute Gasteiger partial charge is 0.504 e. The summed E-state index contributed by atoms with van der Waals surface area (Å²) in [5.74, 6) is 1.44. The summed E-state index contributed by atoms with van der Waals surface area (Å²) in [4.78, 5) is 22.0. The smallest absolute Gasteiger partial charge is 0.254 e. The molecule has 0 amide bonds. The average molecular weight is 343 g/mol. The van der Waals surface area contributed by atoms with Gasteiger partial charge >= 0.3 is 0 Å². The van der Waals surface area contributed by atoms with E-state index in [-0.39, 0.29) is 11.3 Å². The Morgan fingerprint density at radius 1 is 1.36 bits per heavy atom. The number of aromatic hydroxyl groups is 1. The van der Waals surface area contributed by atoms with Crippen LogP contribution in [-0.4, -0.2) is 33.1 Å². The fourth-order valence-electron chi connectivity index (χ4n) is 3.22. The van der Waals surface area contributed by atoms with Gasteiger partial charge in [-0.1, -0.05) is 13.0 Å². The number of hydrogen-bond donors (Lipinski definition) is 2. The van der Waals surface area contributed by atoms with E-state index in [1.807, 2.05) is 19.1 Å². The molecule has 0 saturated carbocycles. The van der Waals surface area contributed by atoms with Crippen molar-refractivity contribution in [1.29, 1.82) is 0 Å². The van der Waals surface area contributed by atoms with Crippen molar-refractivity contribution in [2.45, 2.75) is 46.2 Å². The maximum absolute atomic E-state index is 12.2. The predicted octanol–water partition coefficient (Wildman–Crippen LogP) is 2.39. The average Bonchev–Trinajstić information content (AvgIpc) is 2.58. The SMILES string of the molecule is CCCc1nc2c(c(=O)[nH]1)CCN(Cc1ccc(O)c(OCC)c1)C2. The predicted molar refractivity (Wildman–Crippen MR) is 95.9 cm³/mol. The first-order valence-corrected chi connectivity index (χ1v) is 8.88. The Hall–Kier alpha value is -2.34. The second kappa shape index (κ2) is 7.70. The molecule has 2 heterocycles. The van der Waals surface area contributed by atoms with Gasteiger partial charge < -0.3 is 14.8 Å². The zero-order chi connectivity index (χ0) is 17.8. The highest BCUT2D eigenvalue weighted by Gasteiger charge is 2.21. The highest BCUT2D eigenvalue weighted by molar-refractivity contribution is 5.41. The number of ether oxygens (including phenoxy) is 1. The highest BCUT2D eigenvalue weighted by atomic mass is 16.5. The fraction of sp³-hybridized carbons (Fsp3) is 0.474. The third kappa shape index (κ3) is 4.02. The molecule has 6 nitrogen and oxygen atoms in total. The van der Waals surface area contributed by atoms with Gasteiger partial charge in [0.1, 0.15) is 5.82 Å². The van der Waals surface area contributed by atoms with Crippen LogP contribution in [0.5, 0.6) is 11.5 Å². The summed E-state index contributed by atoms with van der Waals surface area (Å²) in [6, 6.07) is 5.45. The van der Waals surface area contributed by atoms with Crippen molar-refractivity contribution < 1.29 is 9.84 Å². The number of nitrogens with zero attached hydrogens (tertiary/aromatic N) is 2. The monoisotopic (exact) mass is 343 g/mol. The van der Waals surface area contributed by atoms with E-state index in [4.69, 9.17) is 4.74 Å². The van der Waals surface area contributed by atoms with Crippen molar-refractivity contribution in [3.63, 3.8) is 0 Å². The third-order valence-corrected chi connectivity index (χ3v) is 4.42. The van der Waals surface area contributed by atoms with Crippen LogP contribution < -0.4 is 10.3 Å². The van der Waals surface area contributed by atoms with E-state index in [9.17, 15) is 9.90 Å². The third-order valence-electron chi connectivity index (χ3n) is 4.42. The summed E-state index contributed by atoms with van der Waals surface area (Å²) in [6.45, 7) is 6.70. The highest BCUT2D eigenvalue weighted by Crippen LogP contribution is 2.28. The van der Waals surface area contributed by atoms with Crippen LogP contribution in [0.4, 0.5) is 0 Å². The van der Waals surface area contributed by atoms with Crippen molar-refractivity contribution in [3.05, 3.63) is 51.2 Å². The molecule has 0 fully saturated rings. The Balaban J connectivity index is 1.76. The Kier molecular flexibility index (Phi) is 5.38. The van der Waals surface area contributed by atoms with Crippen molar-refractivity contribution in [2.24, 2.45) is 0 Å². The molecular formula is C19H25N3O3. The lowest BCUT2D eigenvalue weighted by Gasteiger charge is -2.28. The first kappa shape index (κ1) is 17.5. The lowest BCUT2D eigenvalue weighted by atomic mass is 10.1. The number of phenolic OH excluding ortho intramolecular Hbond substituents is 1. The number of hydrogen-bond acceptors (Lipinski definition) is 5. The molecule has 2 aromatic rings. The fourth-order valence-corrected chi connectivity index (χ4v) is 3.22. The van der Waals surface area contributed by atoms with Crippen LogP contribution in [0.25, 0.3) is 0 Å². The van der Waals surface area contributed by atoms with Gasteiger partial charge in [0.25, 0.3) is 5.56 Å². The first-order chi connectivity index (χ1) is 12.1. The van der Waals surface area contributed by atoms with Crippen LogP contribution >= 0.6 is 0 Å². The van der Waals surface area contributed by atoms with Crippen LogP contribution in [0.1, 0.15) is 42.9 Å². The number of aromatic amines is 1. The van der Waals surface area contributed by atoms with Gasteiger partial charge in [-0.2, -0.15) is 0 Å². The van der Waals surface area contributed by atoms with E-state index in [1.54, 1.807) is 6.07 Å². The van der Waals surface area contributed by atoms with Crippen molar-refractivity contribution in [2.75, 3.05) is 13.2 Å². The molecule has 0 radical (unpaired) electrons. The first-order valence-electron chi connectivity index (χ1n) is 8.88. The number of rotatable bonds is 6. The van der Waals surface area contributed by atoms with Gasteiger partial charge in [0, 0.05) is 31.6 Å². The topological polar surface area (TPSA) is 78.5 Å². The van der Waals surface area contributed by atoms with Crippen molar-refractivity contribution in [1.82, 2.24) is 14.9 Å². The van der Waals surface area contributed by atoms with E-state index >= 15 is 0 Å². The normalized spacial score (nSPS) is 14.3. The molecule has 1 aromatic carbocycles. The van der Waals surface area contributed by atoms with Crippen LogP contribution in [-0.2, 0) is 25.9 Å². The van der Waals surface area contributed by atoms with Gasteiger partial charge in [0.15, 0.2) is 11.5 Å². The second-order valence-electron chi connectivity index (χ2n) is 6.38. The zero-order valence-corrected chi connectivity index (χ0v) is 14.8. The minimum absolute atomic E-state index is 0.0105. The summed E-state index contributed by atoms with van der Waals surface area (Å²) in [6.07, 6.45) is 2.46. The maximum Gasteiger partial charge on any atom is 0.254 e. The number of phenols is 1. The van der Waals surface area contributed by atoms with E-state index in [2.05, 4.69) is 21.8 Å². The minimum Gasteiger partial charge on any atom is -0.504 e. The Bertz CT molecular complexity index is 801. The van der Waals surface area contributed by atoms with Crippen molar-refractivity contribution >= 4 is 0 Å².